The van der Waals surface area contributed by atoms with Gasteiger partial charge in [-0.2, -0.15) is 4.31 Å². The van der Waals surface area contributed by atoms with Gasteiger partial charge in [-0.15, -0.1) is 0 Å². The fourth-order valence-corrected chi connectivity index (χ4v) is 7.67. The normalized spacial score (nSPS) is 18.6. The average Bonchev–Trinajstić information content (AvgIpc) is 3.44. The maximum absolute atomic E-state index is 13.1. The van der Waals surface area contributed by atoms with Crippen molar-refractivity contribution in [2.24, 2.45) is 5.92 Å². The molecule has 1 atom stereocenters. The summed E-state index contributed by atoms with van der Waals surface area (Å²) in [6, 6.07) is 15.4. The predicted molar refractivity (Wildman–Crippen MR) is 136 cm³/mol. The van der Waals surface area contributed by atoms with Gasteiger partial charge in [0.15, 0.2) is 5.13 Å². The number of aromatic nitrogens is 1. The number of thiazole rings is 1. The Kier molecular flexibility index (Phi) is 5.20. The minimum absolute atomic E-state index is 0.167. The van der Waals surface area contributed by atoms with Crippen LogP contribution in [0, 0.1) is 12.8 Å². The average molecular weight is 492 g/mol. The van der Waals surface area contributed by atoms with Crippen molar-refractivity contribution >= 4 is 53.4 Å². The first-order valence-corrected chi connectivity index (χ1v) is 13.9. The van der Waals surface area contributed by atoms with Gasteiger partial charge in [-0.25, -0.2) is 13.4 Å². The number of nitrogens with one attached hydrogen (secondary N) is 1. The number of carbonyl (C=O) groups is 1. The second-order valence-electron chi connectivity index (χ2n) is 9.25. The SMILES string of the molecule is Cc1ccc(S(=O)(=O)N2CCCC(C(=O)Nc3nc4c(cc5c6c(cccc64)CC5)s3)C2)cc1. The van der Waals surface area contributed by atoms with Crippen LogP contribution in [0.4, 0.5) is 5.13 Å². The number of amides is 1. The molecule has 4 aromatic rings. The summed E-state index contributed by atoms with van der Waals surface area (Å²) in [6.45, 7) is 2.54. The van der Waals surface area contributed by atoms with Gasteiger partial charge in [0.2, 0.25) is 15.9 Å². The van der Waals surface area contributed by atoms with Crippen molar-refractivity contribution in [3.8, 4) is 0 Å². The van der Waals surface area contributed by atoms with Gasteiger partial charge in [0, 0.05) is 18.5 Å². The van der Waals surface area contributed by atoms with Crippen LogP contribution in [0.3, 0.4) is 0 Å². The Labute approximate surface area is 202 Å². The maximum atomic E-state index is 13.1. The molecule has 1 unspecified atom stereocenters. The van der Waals surface area contributed by atoms with E-state index in [0.29, 0.717) is 24.5 Å². The van der Waals surface area contributed by atoms with Crippen molar-refractivity contribution < 1.29 is 13.2 Å². The van der Waals surface area contributed by atoms with Crippen molar-refractivity contribution in [2.75, 3.05) is 18.4 Å². The third-order valence-electron chi connectivity index (χ3n) is 6.99. The summed E-state index contributed by atoms with van der Waals surface area (Å²) in [5.74, 6) is -0.570. The highest BCUT2D eigenvalue weighted by molar-refractivity contribution is 7.89. The summed E-state index contributed by atoms with van der Waals surface area (Å²) in [4.78, 5) is 18.2. The zero-order chi connectivity index (χ0) is 23.4. The van der Waals surface area contributed by atoms with E-state index >= 15 is 0 Å². The van der Waals surface area contributed by atoms with E-state index in [1.807, 2.05) is 6.92 Å². The van der Waals surface area contributed by atoms with Crippen LogP contribution < -0.4 is 5.32 Å². The fraction of sp³-hybridized carbons (Fsp3) is 0.308. The van der Waals surface area contributed by atoms with E-state index in [2.05, 4.69) is 29.6 Å². The lowest BCUT2D eigenvalue weighted by Crippen LogP contribution is -2.43. The highest BCUT2D eigenvalue weighted by Crippen LogP contribution is 2.39. The number of sulfonamides is 1. The minimum Gasteiger partial charge on any atom is -0.302 e. The third-order valence-corrected chi connectivity index (χ3v) is 9.79. The summed E-state index contributed by atoms with van der Waals surface area (Å²) in [6.07, 6.45) is 3.42. The van der Waals surface area contributed by atoms with Crippen molar-refractivity contribution in [3.63, 3.8) is 0 Å². The van der Waals surface area contributed by atoms with Gasteiger partial charge in [-0.05, 0) is 67.3 Å². The second kappa shape index (κ2) is 8.15. The van der Waals surface area contributed by atoms with Gasteiger partial charge in [-0.1, -0.05) is 47.2 Å². The van der Waals surface area contributed by atoms with E-state index in [1.165, 1.54) is 32.2 Å². The van der Waals surface area contributed by atoms with E-state index in [1.54, 1.807) is 24.3 Å². The largest absolute Gasteiger partial charge is 0.302 e. The van der Waals surface area contributed by atoms with Crippen LogP contribution in [0.25, 0.3) is 21.0 Å². The fourth-order valence-electron chi connectivity index (χ4n) is 5.20. The predicted octanol–water partition coefficient (Wildman–Crippen LogP) is 4.90. The second-order valence-corrected chi connectivity index (χ2v) is 12.2. The standard InChI is InChI=1S/C26H25N3O3S2/c1-16-7-11-20(12-8-16)34(31,32)29-13-3-5-19(15-29)25(30)28-26-27-24-21-6-2-4-17-9-10-18(23(17)21)14-22(24)33-26/h2,4,6-8,11-12,14,19H,3,5,9-10,13,15H2,1H3,(H,27,28,30). The first-order valence-electron chi connectivity index (χ1n) is 11.6. The van der Waals surface area contributed by atoms with Crippen molar-refractivity contribution in [1.82, 2.24) is 9.29 Å². The summed E-state index contributed by atoms with van der Waals surface area (Å²) in [7, 11) is -3.63. The Morgan fingerprint density at radius 3 is 2.74 bits per heavy atom. The molecule has 2 heterocycles. The number of anilines is 1. The van der Waals surface area contributed by atoms with Crippen molar-refractivity contribution in [2.45, 2.75) is 37.5 Å². The molecule has 6 nitrogen and oxygen atoms in total. The summed E-state index contributed by atoms with van der Waals surface area (Å²) in [5.41, 5.74) is 4.65. The third kappa shape index (κ3) is 3.61. The first-order chi connectivity index (χ1) is 16.4. The van der Waals surface area contributed by atoms with E-state index in [-0.39, 0.29) is 17.3 Å². The number of fused-ring (bicyclic) bond motifs is 2. The Bertz CT molecular complexity index is 1540. The number of hydrogen-bond donors (Lipinski definition) is 1. The molecule has 0 bridgehead atoms. The lowest BCUT2D eigenvalue weighted by atomic mass is 9.99. The van der Waals surface area contributed by atoms with Crippen LogP contribution in [0.2, 0.25) is 0 Å². The molecule has 1 aliphatic heterocycles. The molecule has 1 aromatic heterocycles. The van der Waals surface area contributed by atoms with E-state index in [4.69, 9.17) is 4.98 Å². The maximum Gasteiger partial charge on any atom is 0.243 e. The molecule has 174 valence electrons. The van der Waals surface area contributed by atoms with E-state index < -0.39 is 15.9 Å². The molecule has 8 heteroatoms. The Hall–Kier alpha value is -2.81. The Morgan fingerprint density at radius 1 is 1.12 bits per heavy atom. The lowest BCUT2D eigenvalue weighted by molar-refractivity contribution is -0.120. The summed E-state index contributed by atoms with van der Waals surface area (Å²) >= 11 is 1.49. The molecule has 1 amide bonds. The highest BCUT2D eigenvalue weighted by atomic mass is 32.2. The molecule has 6 rings (SSSR count). The topological polar surface area (TPSA) is 79.4 Å². The number of benzene rings is 3. The number of carbonyl (C=O) groups excluding carboxylic acids is 1. The van der Waals surface area contributed by atoms with Crippen LogP contribution in [0.1, 0.15) is 29.5 Å². The van der Waals surface area contributed by atoms with Gasteiger partial charge in [0.1, 0.15) is 0 Å². The zero-order valence-electron chi connectivity index (χ0n) is 18.9. The zero-order valence-corrected chi connectivity index (χ0v) is 20.5. The molecule has 1 saturated heterocycles. The van der Waals surface area contributed by atoms with Gasteiger partial charge in [0.25, 0.3) is 0 Å². The van der Waals surface area contributed by atoms with Gasteiger partial charge < -0.3 is 5.32 Å². The Balaban J connectivity index is 1.23. The van der Waals surface area contributed by atoms with Gasteiger partial charge in [-0.3, -0.25) is 4.79 Å². The van der Waals surface area contributed by atoms with Crippen LogP contribution in [0.15, 0.2) is 53.4 Å². The molecule has 0 radical (unpaired) electrons. The molecule has 1 N–H and O–H groups in total. The lowest BCUT2D eigenvalue weighted by Gasteiger charge is -2.31. The Morgan fingerprint density at radius 2 is 1.91 bits per heavy atom. The minimum atomic E-state index is -3.63. The molecule has 1 aliphatic carbocycles. The first kappa shape index (κ1) is 21.7. The molecular weight excluding hydrogens is 466 g/mol. The summed E-state index contributed by atoms with van der Waals surface area (Å²) < 4.78 is 28.7. The molecule has 0 spiro atoms. The number of piperidine rings is 1. The molecule has 0 saturated carbocycles. The molecule has 34 heavy (non-hydrogen) atoms. The number of hydrogen-bond acceptors (Lipinski definition) is 5. The van der Waals surface area contributed by atoms with Crippen LogP contribution in [0.5, 0.6) is 0 Å². The van der Waals surface area contributed by atoms with Crippen LogP contribution in [-0.2, 0) is 27.7 Å². The van der Waals surface area contributed by atoms with E-state index in [0.717, 1.165) is 34.0 Å². The van der Waals surface area contributed by atoms with Crippen molar-refractivity contribution in [3.05, 3.63) is 65.2 Å². The number of nitrogens with zero attached hydrogens (tertiary/aromatic N) is 2. The quantitative estimate of drug-likeness (QED) is 0.441. The van der Waals surface area contributed by atoms with Gasteiger partial charge >= 0.3 is 0 Å². The van der Waals surface area contributed by atoms with Crippen LogP contribution >= 0.6 is 11.3 Å². The molecule has 1 fully saturated rings. The molecular formula is C26H25N3O3S2. The highest BCUT2D eigenvalue weighted by Gasteiger charge is 2.33. The monoisotopic (exact) mass is 491 g/mol. The smallest absolute Gasteiger partial charge is 0.243 e. The summed E-state index contributed by atoms with van der Waals surface area (Å²) in [5, 5.41) is 6.01. The van der Waals surface area contributed by atoms with E-state index in [9.17, 15) is 13.2 Å². The number of aryl methyl sites for hydroxylation is 3. The van der Waals surface area contributed by atoms with Crippen molar-refractivity contribution in [1.29, 1.82) is 0 Å². The van der Waals surface area contributed by atoms with Crippen LogP contribution in [-0.4, -0.2) is 36.7 Å². The number of rotatable bonds is 4. The molecule has 2 aliphatic rings. The molecule has 3 aromatic carbocycles. The van der Waals surface area contributed by atoms with Gasteiger partial charge in [0.05, 0.1) is 21.0 Å².